The van der Waals surface area contributed by atoms with Crippen LogP contribution < -0.4 is 0 Å². The van der Waals surface area contributed by atoms with Crippen molar-refractivity contribution in [2.75, 3.05) is 13.2 Å². The minimum absolute atomic E-state index is 0.257. The molecule has 2 aliphatic rings. The van der Waals surface area contributed by atoms with E-state index >= 15 is 0 Å². The zero-order chi connectivity index (χ0) is 18.6. The van der Waals surface area contributed by atoms with Crippen molar-refractivity contribution in [1.29, 1.82) is 0 Å². The third-order valence-corrected chi connectivity index (χ3v) is 4.92. The lowest BCUT2D eigenvalue weighted by molar-refractivity contribution is -0.361. The maximum Gasteiger partial charge on any atom is 0.186 e. The van der Waals surface area contributed by atoms with Gasteiger partial charge in [-0.1, -0.05) is 60.7 Å². The van der Waals surface area contributed by atoms with E-state index in [0.717, 1.165) is 11.1 Å². The lowest BCUT2D eigenvalue weighted by Gasteiger charge is -2.46. The third kappa shape index (κ3) is 4.21. The molecule has 2 saturated heterocycles. The van der Waals surface area contributed by atoms with Gasteiger partial charge in [-0.05, 0) is 12.0 Å². The lowest BCUT2D eigenvalue weighted by atomic mass is 9.98. The molecular formula is C21H24O6. The Morgan fingerprint density at radius 3 is 2.33 bits per heavy atom. The monoisotopic (exact) mass is 372 g/mol. The standard InChI is InChI=1S/C21H24O6/c22-17-18(23)21(24-12-11-14-7-3-1-4-8-14)26-16-13-25-20(27-19(16)17)15-9-5-2-6-10-15/h1-10,16-23H,11-13H2/t16-,17-,18-,19-,20?,21-/m1/s1. The van der Waals surface area contributed by atoms with Crippen molar-refractivity contribution in [2.24, 2.45) is 0 Å². The maximum atomic E-state index is 10.5. The van der Waals surface area contributed by atoms with E-state index in [1.54, 1.807) is 0 Å². The zero-order valence-electron chi connectivity index (χ0n) is 14.9. The van der Waals surface area contributed by atoms with Crippen molar-refractivity contribution < 1.29 is 29.2 Å². The average Bonchev–Trinajstić information content (AvgIpc) is 2.73. The van der Waals surface area contributed by atoms with Crippen molar-refractivity contribution in [3.63, 3.8) is 0 Å². The fourth-order valence-electron chi connectivity index (χ4n) is 3.43. The van der Waals surface area contributed by atoms with Crippen LogP contribution in [0.5, 0.6) is 0 Å². The molecule has 2 heterocycles. The van der Waals surface area contributed by atoms with Crippen molar-refractivity contribution in [3.05, 3.63) is 71.8 Å². The molecule has 0 spiro atoms. The SMILES string of the molecule is O[C@@H]1[C@@H](O)[C@H](OCCc2ccccc2)O[C@@H]2COC(c3ccccc3)O[C@@H]12. The number of ether oxygens (including phenoxy) is 4. The van der Waals surface area contributed by atoms with E-state index in [2.05, 4.69) is 0 Å². The fourth-order valence-corrected chi connectivity index (χ4v) is 3.43. The number of benzene rings is 2. The summed E-state index contributed by atoms with van der Waals surface area (Å²) in [5.41, 5.74) is 2.00. The van der Waals surface area contributed by atoms with Crippen LogP contribution in [0.3, 0.4) is 0 Å². The van der Waals surface area contributed by atoms with Gasteiger partial charge in [0.1, 0.15) is 24.4 Å². The molecule has 4 rings (SSSR count). The van der Waals surface area contributed by atoms with Crippen molar-refractivity contribution in [1.82, 2.24) is 0 Å². The molecule has 0 amide bonds. The second-order valence-corrected chi connectivity index (χ2v) is 6.81. The first kappa shape index (κ1) is 18.6. The number of hydrogen-bond acceptors (Lipinski definition) is 6. The van der Waals surface area contributed by atoms with E-state index in [1.165, 1.54) is 0 Å². The molecule has 0 radical (unpaired) electrons. The van der Waals surface area contributed by atoms with Gasteiger partial charge >= 0.3 is 0 Å². The van der Waals surface area contributed by atoms with E-state index < -0.39 is 37.0 Å². The topological polar surface area (TPSA) is 77.4 Å². The molecule has 1 unspecified atom stereocenters. The zero-order valence-corrected chi connectivity index (χ0v) is 14.9. The predicted molar refractivity (Wildman–Crippen MR) is 96.8 cm³/mol. The molecule has 0 bridgehead atoms. The van der Waals surface area contributed by atoms with Gasteiger partial charge in [-0.2, -0.15) is 0 Å². The number of aliphatic hydroxyl groups excluding tert-OH is 2. The summed E-state index contributed by atoms with van der Waals surface area (Å²) < 4.78 is 23.1. The van der Waals surface area contributed by atoms with Crippen LogP contribution in [-0.4, -0.2) is 54.1 Å². The van der Waals surface area contributed by atoms with E-state index in [1.807, 2.05) is 60.7 Å². The average molecular weight is 372 g/mol. The van der Waals surface area contributed by atoms with Gasteiger partial charge in [0.2, 0.25) is 0 Å². The molecule has 6 heteroatoms. The van der Waals surface area contributed by atoms with E-state index in [9.17, 15) is 10.2 Å². The van der Waals surface area contributed by atoms with Crippen LogP contribution in [0.1, 0.15) is 17.4 Å². The summed E-state index contributed by atoms with van der Waals surface area (Å²) >= 11 is 0. The summed E-state index contributed by atoms with van der Waals surface area (Å²) in [4.78, 5) is 0. The Hall–Kier alpha value is -1.80. The normalized spacial score (nSPS) is 33.4. The second kappa shape index (κ2) is 8.48. The Bertz CT molecular complexity index is 703. The number of aliphatic hydroxyl groups is 2. The summed E-state index contributed by atoms with van der Waals surface area (Å²) in [6, 6.07) is 19.4. The molecule has 27 heavy (non-hydrogen) atoms. The third-order valence-electron chi connectivity index (χ3n) is 4.92. The van der Waals surface area contributed by atoms with Gasteiger partial charge < -0.3 is 29.2 Å². The lowest BCUT2D eigenvalue weighted by Crippen LogP contribution is -2.62. The summed E-state index contributed by atoms with van der Waals surface area (Å²) in [6.07, 6.45) is -4.27. The molecule has 2 aromatic carbocycles. The number of hydrogen-bond donors (Lipinski definition) is 2. The van der Waals surface area contributed by atoms with Crippen molar-refractivity contribution in [2.45, 2.75) is 43.4 Å². The minimum Gasteiger partial charge on any atom is -0.387 e. The molecule has 6 atom stereocenters. The van der Waals surface area contributed by atoms with Gasteiger partial charge in [-0.15, -0.1) is 0 Å². The Morgan fingerprint density at radius 2 is 1.59 bits per heavy atom. The van der Waals surface area contributed by atoms with Crippen molar-refractivity contribution in [3.8, 4) is 0 Å². The first-order valence-electron chi connectivity index (χ1n) is 9.21. The smallest absolute Gasteiger partial charge is 0.186 e. The van der Waals surface area contributed by atoms with E-state index in [0.29, 0.717) is 13.0 Å². The molecule has 0 saturated carbocycles. The first-order chi connectivity index (χ1) is 13.2. The Kier molecular flexibility index (Phi) is 5.83. The highest BCUT2D eigenvalue weighted by Gasteiger charge is 2.49. The molecule has 144 valence electrons. The summed E-state index contributed by atoms with van der Waals surface area (Å²) in [5, 5.41) is 20.9. The molecule has 2 N–H and O–H groups in total. The Morgan fingerprint density at radius 1 is 0.889 bits per heavy atom. The van der Waals surface area contributed by atoms with Gasteiger partial charge in [0.25, 0.3) is 0 Å². The van der Waals surface area contributed by atoms with Crippen LogP contribution in [0.15, 0.2) is 60.7 Å². The quantitative estimate of drug-likeness (QED) is 0.834. The molecule has 0 aromatic heterocycles. The molecule has 2 fully saturated rings. The second-order valence-electron chi connectivity index (χ2n) is 6.81. The highest BCUT2D eigenvalue weighted by molar-refractivity contribution is 5.17. The minimum atomic E-state index is -1.18. The number of fused-ring (bicyclic) bond motifs is 1. The van der Waals surface area contributed by atoms with Crippen LogP contribution in [0.2, 0.25) is 0 Å². The van der Waals surface area contributed by atoms with Crippen LogP contribution in [-0.2, 0) is 25.4 Å². The highest BCUT2D eigenvalue weighted by atomic mass is 16.8. The summed E-state index contributed by atoms with van der Waals surface area (Å²) in [7, 11) is 0. The van der Waals surface area contributed by atoms with Crippen LogP contribution in [0, 0.1) is 0 Å². The maximum absolute atomic E-state index is 10.5. The summed E-state index contributed by atoms with van der Waals surface area (Å²) in [6.45, 7) is 0.636. The fraction of sp³-hybridized carbons (Fsp3) is 0.429. The predicted octanol–water partition coefficient (Wildman–Crippen LogP) is 1.81. The van der Waals surface area contributed by atoms with Crippen molar-refractivity contribution >= 4 is 0 Å². The molecule has 2 aromatic rings. The van der Waals surface area contributed by atoms with Crippen LogP contribution in [0.4, 0.5) is 0 Å². The first-order valence-corrected chi connectivity index (χ1v) is 9.21. The van der Waals surface area contributed by atoms with E-state index in [-0.39, 0.29) is 6.61 Å². The van der Waals surface area contributed by atoms with Gasteiger partial charge in [0, 0.05) is 5.56 Å². The Labute approximate surface area is 158 Å². The van der Waals surface area contributed by atoms with Crippen LogP contribution in [0.25, 0.3) is 0 Å². The highest BCUT2D eigenvalue weighted by Crippen LogP contribution is 2.34. The van der Waals surface area contributed by atoms with E-state index in [4.69, 9.17) is 18.9 Å². The van der Waals surface area contributed by atoms with Gasteiger partial charge in [0.05, 0.1) is 13.2 Å². The van der Waals surface area contributed by atoms with Gasteiger partial charge in [-0.25, -0.2) is 0 Å². The molecule has 2 aliphatic heterocycles. The van der Waals surface area contributed by atoms with Gasteiger partial charge in [0.15, 0.2) is 12.6 Å². The van der Waals surface area contributed by atoms with Crippen LogP contribution >= 0.6 is 0 Å². The Balaban J connectivity index is 1.34. The largest absolute Gasteiger partial charge is 0.387 e. The molecular weight excluding hydrogens is 348 g/mol. The summed E-state index contributed by atoms with van der Waals surface area (Å²) in [5.74, 6) is 0. The number of rotatable bonds is 5. The molecule has 6 nitrogen and oxygen atoms in total. The van der Waals surface area contributed by atoms with Gasteiger partial charge in [-0.3, -0.25) is 0 Å². The molecule has 0 aliphatic carbocycles.